The number of halogens is 3. The first kappa shape index (κ1) is 27.5. The molecule has 3 rings (SSSR count). The fraction of sp³-hybridized carbons (Fsp3) is 0.600. The lowest BCUT2D eigenvalue weighted by atomic mass is 10.0. The van der Waals surface area contributed by atoms with Crippen molar-refractivity contribution in [2.45, 2.75) is 77.0 Å². The average molecular weight is 512 g/mol. The number of hydrogen-bond acceptors (Lipinski definition) is 5. The zero-order valence-electron chi connectivity index (χ0n) is 20.6. The van der Waals surface area contributed by atoms with E-state index in [2.05, 4.69) is 10.6 Å². The van der Waals surface area contributed by atoms with Gasteiger partial charge in [-0.15, -0.1) is 0 Å². The van der Waals surface area contributed by atoms with Crippen molar-refractivity contribution in [3.05, 3.63) is 35.1 Å². The molecule has 1 heterocycles. The molecule has 0 unspecified atom stereocenters. The average Bonchev–Trinajstić information content (AvgIpc) is 3.58. The Kier molecular flexibility index (Phi) is 8.97. The Morgan fingerprint density at radius 2 is 1.81 bits per heavy atom. The Morgan fingerprint density at radius 1 is 1.11 bits per heavy atom. The minimum atomic E-state index is -1.36. The highest BCUT2D eigenvalue weighted by Crippen LogP contribution is 2.34. The largest absolute Gasteiger partial charge is 0.467 e. The van der Waals surface area contributed by atoms with Crippen molar-refractivity contribution in [2.75, 3.05) is 7.11 Å². The molecule has 11 heteroatoms. The molecule has 2 N–H and O–H groups in total. The van der Waals surface area contributed by atoms with Gasteiger partial charge in [0.1, 0.15) is 17.9 Å². The van der Waals surface area contributed by atoms with Crippen LogP contribution in [0.25, 0.3) is 0 Å². The van der Waals surface area contributed by atoms with Crippen molar-refractivity contribution in [1.82, 2.24) is 15.5 Å². The van der Waals surface area contributed by atoms with Crippen LogP contribution in [0.15, 0.2) is 12.1 Å². The molecule has 1 aliphatic heterocycles. The van der Waals surface area contributed by atoms with Crippen LogP contribution in [-0.4, -0.2) is 53.8 Å². The van der Waals surface area contributed by atoms with E-state index in [1.807, 2.05) is 0 Å². The van der Waals surface area contributed by atoms with Gasteiger partial charge in [0, 0.05) is 37.1 Å². The lowest BCUT2D eigenvalue weighted by Crippen LogP contribution is -2.54. The van der Waals surface area contributed by atoms with E-state index < -0.39 is 53.4 Å². The number of rotatable bonds is 11. The summed E-state index contributed by atoms with van der Waals surface area (Å²) in [6.07, 6.45) is 2.53. The van der Waals surface area contributed by atoms with Gasteiger partial charge in [-0.25, -0.2) is 18.0 Å². The van der Waals surface area contributed by atoms with Gasteiger partial charge in [-0.3, -0.25) is 14.4 Å². The number of methoxy groups -OCH3 is 1. The molecule has 1 saturated heterocycles. The van der Waals surface area contributed by atoms with Crippen molar-refractivity contribution in [1.29, 1.82) is 0 Å². The minimum absolute atomic E-state index is 0.110. The molecule has 2 fully saturated rings. The van der Waals surface area contributed by atoms with E-state index in [-0.39, 0.29) is 42.7 Å². The highest BCUT2D eigenvalue weighted by atomic mass is 19.2. The number of likely N-dealkylation sites (tertiary alicyclic amines) is 1. The molecule has 1 saturated carbocycles. The molecular weight excluding hydrogens is 479 g/mol. The van der Waals surface area contributed by atoms with E-state index in [1.165, 1.54) is 12.0 Å². The molecule has 3 amide bonds. The predicted molar refractivity (Wildman–Crippen MR) is 123 cm³/mol. The number of nitrogens with zero attached hydrogens (tertiary/aromatic N) is 1. The van der Waals surface area contributed by atoms with E-state index in [9.17, 15) is 32.3 Å². The normalized spacial score (nSPS) is 19.2. The van der Waals surface area contributed by atoms with Gasteiger partial charge >= 0.3 is 5.97 Å². The molecule has 1 aromatic carbocycles. The summed E-state index contributed by atoms with van der Waals surface area (Å²) in [4.78, 5) is 51.5. The standard InChI is InChI=1S/C25H32F3N3O5/c1-13(2)23(25(35)36-3)30-24(34)19(8-14-4-5-14)29-20(32)11-17-6-7-21(33)31(17)12-15-9-16(26)10-18(27)22(15)28/h9-10,13-14,17,19,23H,4-8,11-12H2,1-3H3,(H,29,32)(H,30,34)/t17-,19-,23-/m0/s1. The van der Waals surface area contributed by atoms with E-state index in [1.54, 1.807) is 13.8 Å². The van der Waals surface area contributed by atoms with Crippen LogP contribution in [0, 0.1) is 29.3 Å². The Hall–Kier alpha value is -3.11. The first-order valence-electron chi connectivity index (χ1n) is 12.1. The molecule has 198 valence electrons. The van der Waals surface area contributed by atoms with Crippen molar-refractivity contribution in [3.8, 4) is 0 Å². The second-order valence-electron chi connectivity index (χ2n) is 9.83. The van der Waals surface area contributed by atoms with Crippen LogP contribution in [0.4, 0.5) is 13.2 Å². The van der Waals surface area contributed by atoms with Crippen molar-refractivity contribution >= 4 is 23.7 Å². The zero-order chi connectivity index (χ0) is 26.6. The molecule has 3 atom stereocenters. The molecule has 2 aliphatic rings. The monoisotopic (exact) mass is 511 g/mol. The van der Waals surface area contributed by atoms with Crippen LogP contribution >= 0.6 is 0 Å². The lowest BCUT2D eigenvalue weighted by Gasteiger charge is -2.27. The maximum absolute atomic E-state index is 14.1. The molecule has 0 bridgehead atoms. The van der Waals surface area contributed by atoms with Crippen LogP contribution in [-0.2, 0) is 30.5 Å². The van der Waals surface area contributed by atoms with Gasteiger partial charge in [-0.2, -0.15) is 0 Å². The summed E-state index contributed by atoms with van der Waals surface area (Å²) in [5, 5.41) is 5.37. The summed E-state index contributed by atoms with van der Waals surface area (Å²) in [7, 11) is 1.23. The predicted octanol–water partition coefficient (Wildman–Crippen LogP) is 2.58. The highest BCUT2D eigenvalue weighted by molar-refractivity contribution is 5.91. The highest BCUT2D eigenvalue weighted by Gasteiger charge is 2.36. The lowest BCUT2D eigenvalue weighted by molar-refractivity contribution is -0.146. The third kappa shape index (κ3) is 6.98. The number of nitrogens with one attached hydrogen (secondary N) is 2. The second kappa shape index (κ2) is 11.7. The summed E-state index contributed by atoms with van der Waals surface area (Å²) >= 11 is 0. The Morgan fingerprint density at radius 3 is 2.42 bits per heavy atom. The van der Waals surface area contributed by atoms with Gasteiger partial charge in [0.2, 0.25) is 17.7 Å². The van der Waals surface area contributed by atoms with Crippen LogP contribution in [0.3, 0.4) is 0 Å². The van der Waals surface area contributed by atoms with Crippen molar-refractivity contribution in [2.24, 2.45) is 11.8 Å². The number of amides is 3. The van der Waals surface area contributed by atoms with E-state index >= 15 is 0 Å². The maximum atomic E-state index is 14.1. The molecule has 36 heavy (non-hydrogen) atoms. The first-order valence-corrected chi connectivity index (χ1v) is 12.1. The number of carbonyl (C=O) groups is 4. The van der Waals surface area contributed by atoms with E-state index in [0.29, 0.717) is 18.9 Å². The molecule has 8 nitrogen and oxygen atoms in total. The van der Waals surface area contributed by atoms with E-state index in [0.717, 1.165) is 18.9 Å². The molecule has 1 aliphatic carbocycles. The van der Waals surface area contributed by atoms with Crippen LogP contribution in [0.2, 0.25) is 0 Å². The van der Waals surface area contributed by atoms with Gasteiger partial charge in [0.15, 0.2) is 11.6 Å². The summed E-state index contributed by atoms with van der Waals surface area (Å²) in [6, 6.07) is -1.12. The quantitative estimate of drug-likeness (QED) is 0.351. The summed E-state index contributed by atoms with van der Waals surface area (Å²) in [5.41, 5.74) is -0.318. The second-order valence-corrected chi connectivity index (χ2v) is 9.83. The van der Waals surface area contributed by atoms with E-state index in [4.69, 9.17) is 4.74 Å². The van der Waals surface area contributed by atoms with Crippen LogP contribution < -0.4 is 10.6 Å². The number of benzene rings is 1. The number of hydrogen-bond donors (Lipinski definition) is 2. The smallest absolute Gasteiger partial charge is 0.328 e. The Bertz CT molecular complexity index is 1010. The Labute approximate surface area is 207 Å². The van der Waals surface area contributed by atoms with Gasteiger partial charge in [0.05, 0.1) is 7.11 Å². The molecular formula is C25H32F3N3O5. The van der Waals surface area contributed by atoms with Crippen molar-refractivity contribution in [3.63, 3.8) is 0 Å². The van der Waals surface area contributed by atoms with Gasteiger partial charge < -0.3 is 20.3 Å². The fourth-order valence-corrected chi connectivity index (χ4v) is 4.39. The van der Waals surface area contributed by atoms with Gasteiger partial charge in [0.25, 0.3) is 0 Å². The third-order valence-electron chi connectivity index (χ3n) is 6.62. The SMILES string of the molecule is COC(=O)[C@@H](NC(=O)[C@H](CC1CC1)NC(=O)C[C@@H]1CCC(=O)N1Cc1cc(F)cc(F)c1F)C(C)C. The molecule has 0 aromatic heterocycles. The fourth-order valence-electron chi connectivity index (χ4n) is 4.39. The molecule has 0 radical (unpaired) electrons. The summed E-state index contributed by atoms with van der Waals surface area (Å²) in [5.74, 6) is -5.46. The maximum Gasteiger partial charge on any atom is 0.328 e. The van der Waals surface area contributed by atoms with Crippen LogP contribution in [0.1, 0.15) is 57.9 Å². The molecule has 1 aromatic rings. The topological polar surface area (TPSA) is 105 Å². The summed E-state index contributed by atoms with van der Waals surface area (Å²) < 4.78 is 46.1. The molecule has 0 spiro atoms. The summed E-state index contributed by atoms with van der Waals surface area (Å²) in [6.45, 7) is 3.14. The Balaban J connectivity index is 1.66. The number of esters is 1. The van der Waals surface area contributed by atoms with Gasteiger partial charge in [-0.1, -0.05) is 26.7 Å². The zero-order valence-corrected chi connectivity index (χ0v) is 20.6. The van der Waals surface area contributed by atoms with Crippen LogP contribution in [0.5, 0.6) is 0 Å². The first-order chi connectivity index (χ1) is 17.0. The third-order valence-corrected chi connectivity index (χ3v) is 6.62. The number of ether oxygens (including phenoxy) is 1. The van der Waals surface area contributed by atoms with Gasteiger partial charge in [-0.05, 0) is 30.7 Å². The minimum Gasteiger partial charge on any atom is -0.467 e. The number of carbonyl (C=O) groups excluding carboxylic acids is 4. The van der Waals surface area contributed by atoms with Crippen molar-refractivity contribution < 1.29 is 37.1 Å².